The third kappa shape index (κ3) is 4.52. The number of carbonyl (C=O) groups is 2. The number of primary amides is 1. The van der Waals surface area contributed by atoms with Crippen LogP contribution in [0.1, 0.15) is 22.8 Å². The SMILES string of the molecule is Cc1cc(NC(C)C(=O)N2CCN(c3ncccn3)CC2)cc(C(N)=O)c1. The molecule has 142 valence electrons. The number of nitrogens with one attached hydrogen (secondary N) is 1. The predicted octanol–water partition coefficient (Wildman–Crippen LogP) is 1.03. The van der Waals surface area contributed by atoms with Gasteiger partial charge < -0.3 is 20.9 Å². The van der Waals surface area contributed by atoms with E-state index in [4.69, 9.17) is 5.73 Å². The second-order valence-corrected chi connectivity index (χ2v) is 6.68. The fourth-order valence-corrected chi connectivity index (χ4v) is 3.18. The Bertz CT molecular complexity index is 818. The van der Waals surface area contributed by atoms with Gasteiger partial charge in [-0.15, -0.1) is 0 Å². The van der Waals surface area contributed by atoms with Crippen LogP contribution in [0.4, 0.5) is 11.6 Å². The van der Waals surface area contributed by atoms with Crippen molar-refractivity contribution in [2.75, 3.05) is 36.4 Å². The summed E-state index contributed by atoms with van der Waals surface area (Å²) in [5.74, 6) is 0.222. The van der Waals surface area contributed by atoms with Crippen LogP contribution in [-0.2, 0) is 4.79 Å². The first kappa shape index (κ1) is 18.6. The fourth-order valence-electron chi connectivity index (χ4n) is 3.18. The Labute approximate surface area is 158 Å². The lowest BCUT2D eigenvalue weighted by Crippen LogP contribution is -2.52. The molecule has 0 saturated carbocycles. The quantitative estimate of drug-likeness (QED) is 0.817. The van der Waals surface area contributed by atoms with E-state index in [1.165, 1.54) is 0 Å². The number of hydrogen-bond acceptors (Lipinski definition) is 6. The lowest BCUT2D eigenvalue weighted by molar-refractivity contribution is -0.131. The van der Waals surface area contributed by atoms with Crippen molar-refractivity contribution in [3.05, 3.63) is 47.8 Å². The number of aromatic nitrogens is 2. The fraction of sp³-hybridized carbons (Fsp3) is 0.368. The van der Waals surface area contributed by atoms with E-state index in [0.29, 0.717) is 43.4 Å². The Kier molecular flexibility index (Phi) is 5.54. The van der Waals surface area contributed by atoms with Crippen LogP contribution in [0.25, 0.3) is 0 Å². The van der Waals surface area contributed by atoms with Gasteiger partial charge in [0.25, 0.3) is 0 Å². The van der Waals surface area contributed by atoms with Crippen LogP contribution >= 0.6 is 0 Å². The number of anilines is 2. The molecule has 3 rings (SSSR count). The summed E-state index contributed by atoms with van der Waals surface area (Å²) in [6.07, 6.45) is 3.43. The maximum atomic E-state index is 12.8. The Morgan fingerprint density at radius 3 is 2.41 bits per heavy atom. The van der Waals surface area contributed by atoms with Crippen LogP contribution in [-0.4, -0.2) is 58.9 Å². The van der Waals surface area contributed by atoms with Gasteiger partial charge in [-0.05, 0) is 43.7 Å². The van der Waals surface area contributed by atoms with Crippen molar-refractivity contribution in [1.29, 1.82) is 0 Å². The minimum atomic E-state index is -0.486. The molecule has 1 aliphatic heterocycles. The first-order valence-electron chi connectivity index (χ1n) is 8.93. The van der Waals surface area contributed by atoms with Crippen molar-refractivity contribution >= 4 is 23.5 Å². The van der Waals surface area contributed by atoms with Gasteiger partial charge in [0.1, 0.15) is 6.04 Å². The number of rotatable bonds is 5. The smallest absolute Gasteiger partial charge is 0.248 e. The molecule has 27 heavy (non-hydrogen) atoms. The first-order chi connectivity index (χ1) is 12.9. The zero-order chi connectivity index (χ0) is 19.4. The minimum absolute atomic E-state index is 0.0192. The standard InChI is InChI=1S/C19H24N6O2/c1-13-10-15(17(20)26)12-16(11-13)23-14(2)18(27)24-6-8-25(9-7-24)19-21-4-3-5-22-19/h3-5,10-12,14,23H,6-9H2,1-2H3,(H2,20,26). The molecule has 1 unspecified atom stereocenters. The molecule has 0 aliphatic carbocycles. The number of carbonyl (C=O) groups excluding carboxylic acids is 2. The van der Waals surface area contributed by atoms with Gasteiger partial charge in [-0.3, -0.25) is 9.59 Å². The largest absolute Gasteiger partial charge is 0.374 e. The zero-order valence-corrected chi connectivity index (χ0v) is 15.6. The maximum Gasteiger partial charge on any atom is 0.248 e. The normalized spacial score (nSPS) is 15.3. The van der Waals surface area contributed by atoms with Crippen LogP contribution in [0.15, 0.2) is 36.7 Å². The summed E-state index contributed by atoms with van der Waals surface area (Å²) in [6, 6.07) is 6.66. The van der Waals surface area contributed by atoms with Crippen LogP contribution in [0.2, 0.25) is 0 Å². The van der Waals surface area contributed by atoms with E-state index in [1.54, 1.807) is 30.6 Å². The second kappa shape index (κ2) is 8.03. The molecular formula is C19H24N6O2. The molecule has 1 aromatic heterocycles. The van der Waals surface area contributed by atoms with E-state index in [1.807, 2.05) is 24.8 Å². The number of nitrogens with two attached hydrogens (primary N) is 1. The highest BCUT2D eigenvalue weighted by molar-refractivity contribution is 5.94. The summed E-state index contributed by atoms with van der Waals surface area (Å²) in [6.45, 7) is 6.32. The Balaban J connectivity index is 1.59. The number of benzene rings is 1. The number of aryl methyl sites for hydroxylation is 1. The van der Waals surface area contributed by atoms with E-state index in [9.17, 15) is 9.59 Å². The van der Waals surface area contributed by atoms with E-state index in [0.717, 1.165) is 5.56 Å². The highest BCUT2D eigenvalue weighted by atomic mass is 16.2. The van der Waals surface area contributed by atoms with Gasteiger partial charge in [0.15, 0.2) is 0 Å². The number of piperazine rings is 1. The molecule has 1 aromatic carbocycles. The van der Waals surface area contributed by atoms with Crippen molar-refractivity contribution in [2.24, 2.45) is 5.73 Å². The summed E-state index contributed by atoms with van der Waals surface area (Å²) in [5.41, 5.74) is 7.40. The summed E-state index contributed by atoms with van der Waals surface area (Å²) >= 11 is 0. The zero-order valence-electron chi connectivity index (χ0n) is 15.6. The molecule has 0 radical (unpaired) electrons. The van der Waals surface area contributed by atoms with E-state index in [-0.39, 0.29) is 5.91 Å². The molecule has 2 amide bonds. The van der Waals surface area contributed by atoms with Gasteiger partial charge in [-0.25, -0.2) is 9.97 Å². The first-order valence-corrected chi connectivity index (χ1v) is 8.93. The van der Waals surface area contributed by atoms with E-state index >= 15 is 0 Å². The van der Waals surface area contributed by atoms with Gasteiger partial charge in [0.2, 0.25) is 17.8 Å². The Morgan fingerprint density at radius 1 is 1.11 bits per heavy atom. The highest BCUT2D eigenvalue weighted by Gasteiger charge is 2.26. The average molecular weight is 368 g/mol. The number of nitrogens with zero attached hydrogens (tertiary/aromatic N) is 4. The van der Waals surface area contributed by atoms with E-state index in [2.05, 4.69) is 20.2 Å². The van der Waals surface area contributed by atoms with Gasteiger partial charge in [0.05, 0.1) is 0 Å². The molecule has 1 aliphatic rings. The van der Waals surface area contributed by atoms with Crippen molar-refractivity contribution in [3.8, 4) is 0 Å². The average Bonchev–Trinajstić information content (AvgIpc) is 2.67. The summed E-state index contributed by atoms with van der Waals surface area (Å²) < 4.78 is 0. The van der Waals surface area contributed by atoms with Crippen LogP contribution < -0.4 is 16.0 Å². The van der Waals surface area contributed by atoms with Crippen LogP contribution in [0.5, 0.6) is 0 Å². The molecule has 3 N–H and O–H groups in total. The van der Waals surface area contributed by atoms with Crippen LogP contribution in [0, 0.1) is 6.92 Å². The molecule has 2 aromatic rings. The lowest BCUT2D eigenvalue weighted by atomic mass is 10.1. The Hall–Kier alpha value is -3.16. The molecule has 0 spiro atoms. The third-order valence-electron chi connectivity index (χ3n) is 4.54. The van der Waals surface area contributed by atoms with Gasteiger partial charge in [0, 0.05) is 49.8 Å². The molecule has 2 heterocycles. The topological polar surface area (TPSA) is 104 Å². The molecule has 0 bridgehead atoms. The summed E-state index contributed by atoms with van der Waals surface area (Å²) in [4.78, 5) is 36.6. The third-order valence-corrected chi connectivity index (χ3v) is 4.54. The monoisotopic (exact) mass is 368 g/mol. The van der Waals surface area contributed by atoms with E-state index < -0.39 is 11.9 Å². The van der Waals surface area contributed by atoms with Gasteiger partial charge in [-0.2, -0.15) is 0 Å². The summed E-state index contributed by atoms with van der Waals surface area (Å²) in [5, 5.41) is 3.18. The van der Waals surface area contributed by atoms with Crippen molar-refractivity contribution in [3.63, 3.8) is 0 Å². The van der Waals surface area contributed by atoms with Crippen molar-refractivity contribution < 1.29 is 9.59 Å². The summed E-state index contributed by atoms with van der Waals surface area (Å²) in [7, 11) is 0. The molecule has 1 atom stereocenters. The highest BCUT2D eigenvalue weighted by Crippen LogP contribution is 2.17. The Morgan fingerprint density at radius 2 is 1.78 bits per heavy atom. The lowest BCUT2D eigenvalue weighted by Gasteiger charge is -2.36. The van der Waals surface area contributed by atoms with Crippen LogP contribution in [0.3, 0.4) is 0 Å². The van der Waals surface area contributed by atoms with Crippen molar-refractivity contribution in [2.45, 2.75) is 19.9 Å². The predicted molar refractivity (Wildman–Crippen MR) is 104 cm³/mol. The number of hydrogen-bond donors (Lipinski definition) is 2. The number of amides is 2. The van der Waals surface area contributed by atoms with Crippen molar-refractivity contribution in [1.82, 2.24) is 14.9 Å². The molecular weight excluding hydrogens is 344 g/mol. The maximum absolute atomic E-state index is 12.8. The molecule has 1 fully saturated rings. The second-order valence-electron chi connectivity index (χ2n) is 6.68. The molecule has 8 heteroatoms. The molecule has 1 saturated heterocycles. The van der Waals surface area contributed by atoms with Gasteiger partial charge >= 0.3 is 0 Å². The van der Waals surface area contributed by atoms with Gasteiger partial charge in [-0.1, -0.05) is 0 Å². The molecule has 8 nitrogen and oxygen atoms in total. The minimum Gasteiger partial charge on any atom is -0.374 e.